The van der Waals surface area contributed by atoms with E-state index < -0.39 is 22.8 Å². The Bertz CT molecular complexity index is 1420. The van der Waals surface area contributed by atoms with Crippen LogP contribution in [-0.4, -0.2) is 58.4 Å². The average Bonchev–Trinajstić information content (AvgIpc) is 3.21. The summed E-state index contributed by atoms with van der Waals surface area (Å²) >= 11 is 0. The number of hydrogen-bond acceptors (Lipinski definition) is 6. The molecule has 0 aliphatic heterocycles. The summed E-state index contributed by atoms with van der Waals surface area (Å²) in [5.41, 5.74) is 2.51. The number of likely N-dealkylation sites (N-methyl/N-ethyl adjacent to an activating group) is 1. The lowest BCUT2D eigenvalue weighted by Crippen LogP contribution is -2.45. The Kier molecular flexibility index (Phi) is 9.24. The van der Waals surface area contributed by atoms with Crippen LogP contribution in [0.4, 0.5) is 5.69 Å². The summed E-state index contributed by atoms with van der Waals surface area (Å²) in [4.78, 5) is 51.2. The van der Waals surface area contributed by atoms with Crippen molar-refractivity contribution in [3.05, 3.63) is 76.0 Å². The summed E-state index contributed by atoms with van der Waals surface area (Å²) < 4.78 is 6.72. The number of nitro benzene ring substituents is 1. The Hall–Kier alpha value is -4.47. The van der Waals surface area contributed by atoms with Gasteiger partial charge in [-0.3, -0.25) is 19.7 Å². The number of aromatic nitrogens is 1. The molecule has 10 nitrogen and oxygen atoms in total. The Morgan fingerprint density at radius 2 is 1.82 bits per heavy atom. The van der Waals surface area contributed by atoms with Gasteiger partial charge in [0.1, 0.15) is 5.69 Å². The van der Waals surface area contributed by atoms with Crippen molar-refractivity contribution in [3.8, 4) is 11.1 Å². The average molecular weight is 535 g/mol. The predicted molar refractivity (Wildman–Crippen MR) is 149 cm³/mol. The number of nitrogens with one attached hydrogen (secondary N) is 1. The molecule has 3 aromatic rings. The van der Waals surface area contributed by atoms with Gasteiger partial charge in [0.25, 0.3) is 11.6 Å². The highest BCUT2D eigenvalue weighted by atomic mass is 16.6. The van der Waals surface area contributed by atoms with Gasteiger partial charge in [-0.2, -0.15) is 0 Å². The highest BCUT2D eigenvalue weighted by Gasteiger charge is 2.26. The minimum Gasteiger partial charge on any atom is -0.463 e. The monoisotopic (exact) mass is 534 g/mol. The first-order valence-corrected chi connectivity index (χ1v) is 12.7. The number of nitro groups is 1. The zero-order valence-corrected chi connectivity index (χ0v) is 23.1. The molecule has 1 heterocycles. The molecule has 1 N–H and O–H groups in total. The van der Waals surface area contributed by atoms with Crippen molar-refractivity contribution in [1.82, 2.24) is 14.8 Å². The highest BCUT2D eigenvalue weighted by Crippen LogP contribution is 2.36. The first kappa shape index (κ1) is 29.1. The van der Waals surface area contributed by atoms with Gasteiger partial charge in [0.05, 0.1) is 24.1 Å². The van der Waals surface area contributed by atoms with Gasteiger partial charge in [-0.1, -0.05) is 50.3 Å². The smallest absolute Gasteiger partial charge is 0.333 e. The van der Waals surface area contributed by atoms with Crippen LogP contribution in [0.2, 0.25) is 0 Å². The molecule has 0 unspecified atom stereocenters. The Morgan fingerprint density at radius 3 is 2.41 bits per heavy atom. The van der Waals surface area contributed by atoms with E-state index >= 15 is 0 Å². The lowest BCUT2D eigenvalue weighted by atomic mass is 10.00. The van der Waals surface area contributed by atoms with Gasteiger partial charge < -0.3 is 19.5 Å². The Labute approximate surface area is 227 Å². The number of benzene rings is 2. The predicted octanol–water partition coefficient (Wildman–Crippen LogP) is 4.48. The van der Waals surface area contributed by atoms with E-state index in [1.807, 2.05) is 44.2 Å². The van der Waals surface area contributed by atoms with E-state index in [9.17, 15) is 24.5 Å². The van der Waals surface area contributed by atoms with Crippen LogP contribution >= 0.6 is 0 Å². The summed E-state index contributed by atoms with van der Waals surface area (Å²) in [6, 6.07) is 13.2. The quantitative estimate of drug-likeness (QED) is 0.177. The second-order valence-corrected chi connectivity index (χ2v) is 9.60. The number of carbonyl (C=O) groups excluding carboxylic acids is 3. The van der Waals surface area contributed by atoms with Crippen LogP contribution in [0.15, 0.2) is 60.2 Å². The van der Waals surface area contributed by atoms with Gasteiger partial charge >= 0.3 is 5.97 Å². The van der Waals surface area contributed by atoms with E-state index in [1.165, 1.54) is 17.0 Å². The summed E-state index contributed by atoms with van der Waals surface area (Å²) in [7, 11) is 3.33. The largest absolute Gasteiger partial charge is 0.463 e. The molecule has 0 saturated carbocycles. The van der Waals surface area contributed by atoms with Crippen molar-refractivity contribution in [2.45, 2.75) is 33.7 Å². The second-order valence-electron chi connectivity index (χ2n) is 9.60. The number of hydrogen-bond donors (Lipinski definition) is 1. The molecule has 1 aromatic heterocycles. The third-order valence-corrected chi connectivity index (χ3v) is 6.61. The normalized spacial score (nSPS) is 12.3. The number of rotatable bonds is 10. The molecule has 3 rings (SSSR count). The fourth-order valence-corrected chi connectivity index (χ4v) is 4.56. The van der Waals surface area contributed by atoms with E-state index in [4.69, 9.17) is 4.74 Å². The van der Waals surface area contributed by atoms with E-state index in [0.717, 1.165) is 5.56 Å². The molecule has 0 spiro atoms. The topological polar surface area (TPSA) is 124 Å². The van der Waals surface area contributed by atoms with Gasteiger partial charge in [0, 0.05) is 48.3 Å². The molecule has 0 aliphatic carbocycles. The van der Waals surface area contributed by atoms with Crippen LogP contribution < -0.4 is 5.32 Å². The lowest BCUT2D eigenvalue weighted by molar-refractivity contribution is -0.384. The number of nitrogens with zero attached hydrogens (tertiary/aromatic N) is 3. The first-order chi connectivity index (χ1) is 18.5. The highest BCUT2D eigenvalue weighted by molar-refractivity contribution is 6.11. The fourth-order valence-electron chi connectivity index (χ4n) is 4.56. The third kappa shape index (κ3) is 6.34. The minimum absolute atomic E-state index is 0.00215. The van der Waals surface area contributed by atoms with E-state index in [-0.39, 0.29) is 36.4 Å². The lowest BCUT2D eigenvalue weighted by Gasteiger charge is -2.29. The summed E-state index contributed by atoms with van der Waals surface area (Å²) in [5.74, 6) is -1.28. The zero-order chi connectivity index (χ0) is 28.9. The van der Waals surface area contributed by atoms with Crippen LogP contribution in [0.25, 0.3) is 22.0 Å². The van der Waals surface area contributed by atoms with Crippen molar-refractivity contribution in [2.75, 3.05) is 20.2 Å². The molecule has 10 heteroatoms. The number of non-ortho nitro benzene ring substituents is 1. The van der Waals surface area contributed by atoms with Crippen LogP contribution in [0, 0.1) is 16.0 Å². The molecule has 2 aromatic carbocycles. The number of esters is 1. The van der Waals surface area contributed by atoms with Crippen molar-refractivity contribution < 1.29 is 24.0 Å². The molecular weight excluding hydrogens is 500 g/mol. The number of amides is 2. The van der Waals surface area contributed by atoms with Crippen LogP contribution in [0.3, 0.4) is 0 Å². The summed E-state index contributed by atoms with van der Waals surface area (Å²) in [6.45, 7) is 7.21. The van der Waals surface area contributed by atoms with Crippen LogP contribution in [0.5, 0.6) is 0 Å². The standard InChI is InChI=1S/C29H34N4O6/c1-7-39-29(36)19(4)15-24(18(2)3)31(5)25(34)17-30-28(35)27-26(20-11-9-8-10-12-20)22-16-21(33(37)38)13-14-23(22)32(27)6/h8-16,18,24H,7,17H2,1-6H3,(H,30,35)/b19-15+/t24-/m1/s1. The molecule has 39 heavy (non-hydrogen) atoms. The number of aryl methyl sites for hydroxylation is 1. The molecule has 2 amide bonds. The van der Waals surface area contributed by atoms with Crippen LogP contribution in [0.1, 0.15) is 38.2 Å². The molecule has 206 valence electrons. The van der Waals surface area contributed by atoms with Gasteiger partial charge in [0.15, 0.2) is 0 Å². The minimum atomic E-state index is -0.490. The second kappa shape index (κ2) is 12.4. The molecule has 0 aliphatic rings. The summed E-state index contributed by atoms with van der Waals surface area (Å²) in [6.07, 6.45) is 1.70. The van der Waals surface area contributed by atoms with E-state index in [2.05, 4.69) is 5.32 Å². The molecule has 0 bridgehead atoms. The summed E-state index contributed by atoms with van der Waals surface area (Å²) in [5, 5.41) is 14.7. The molecule has 0 fully saturated rings. The van der Waals surface area contributed by atoms with Gasteiger partial charge in [-0.15, -0.1) is 0 Å². The van der Waals surface area contributed by atoms with Crippen molar-refractivity contribution in [3.63, 3.8) is 0 Å². The van der Waals surface area contributed by atoms with Gasteiger partial charge in [0.2, 0.25) is 5.91 Å². The number of carbonyl (C=O) groups is 3. The fraction of sp³-hybridized carbons (Fsp3) is 0.345. The molecule has 0 saturated heterocycles. The van der Waals surface area contributed by atoms with Crippen molar-refractivity contribution in [1.29, 1.82) is 0 Å². The number of ether oxygens (including phenoxy) is 1. The molecule has 0 radical (unpaired) electrons. The van der Waals surface area contributed by atoms with Gasteiger partial charge in [-0.05, 0) is 31.4 Å². The van der Waals surface area contributed by atoms with Crippen molar-refractivity contribution in [2.24, 2.45) is 13.0 Å². The first-order valence-electron chi connectivity index (χ1n) is 12.7. The van der Waals surface area contributed by atoms with Crippen molar-refractivity contribution >= 4 is 34.4 Å². The third-order valence-electron chi connectivity index (χ3n) is 6.61. The van der Waals surface area contributed by atoms with E-state index in [0.29, 0.717) is 22.0 Å². The maximum Gasteiger partial charge on any atom is 0.333 e. The number of fused-ring (bicyclic) bond motifs is 1. The Morgan fingerprint density at radius 1 is 1.15 bits per heavy atom. The Balaban J connectivity index is 1.91. The van der Waals surface area contributed by atoms with Crippen LogP contribution in [-0.2, 0) is 21.4 Å². The molecule has 1 atom stereocenters. The van der Waals surface area contributed by atoms with Gasteiger partial charge in [-0.25, -0.2) is 4.79 Å². The maximum atomic E-state index is 13.5. The van der Waals surface area contributed by atoms with E-state index in [1.54, 1.807) is 44.7 Å². The molecular formula is C29H34N4O6. The maximum absolute atomic E-state index is 13.5. The SMILES string of the molecule is CCOC(=O)/C(C)=C/[C@H](C(C)C)N(C)C(=O)CNC(=O)c1c(-c2ccccc2)c2cc([N+](=O)[O-])ccc2n1C. The zero-order valence-electron chi connectivity index (χ0n) is 23.1.